The van der Waals surface area contributed by atoms with E-state index in [1.54, 1.807) is 29.2 Å². The number of carbonyl (C=O) groups excluding carboxylic acids is 1. The van der Waals surface area contributed by atoms with E-state index in [1.165, 1.54) is 0 Å². The van der Waals surface area contributed by atoms with E-state index < -0.39 is 5.60 Å². The molecule has 0 radical (unpaired) electrons. The standard InChI is InChI=1S/C15H20N4O2/c20-14(12-13-17-8-10-19(13)9-7-16-12)18-11-15(21)5-3-1-2-4-6-15/h7-10,21H,1-6,11H2,(H,18,20). The summed E-state index contributed by atoms with van der Waals surface area (Å²) < 4.78 is 1.75. The molecule has 0 bridgehead atoms. The monoisotopic (exact) mass is 288 g/mol. The molecule has 6 nitrogen and oxygen atoms in total. The van der Waals surface area contributed by atoms with Crippen LogP contribution in [0.3, 0.4) is 0 Å². The van der Waals surface area contributed by atoms with Crippen molar-refractivity contribution in [3.05, 3.63) is 30.5 Å². The van der Waals surface area contributed by atoms with Gasteiger partial charge in [-0.1, -0.05) is 25.7 Å². The third kappa shape index (κ3) is 3.05. The van der Waals surface area contributed by atoms with Gasteiger partial charge in [0.05, 0.1) is 5.60 Å². The minimum Gasteiger partial charge on any atom is -0.388 e. The maximum Gasteiger partial charge on any atom is 0.273 e. The first-order valence-corrected chi connectivity index (χ1v) is 7.46. The zero-order valence-corrected chi connectivity index (χ0v) is 12.0. The van der Waals surface area contributed by atoms with Crippen LogP contribution in [-0.2, 0) is 0 Å². The first kappa shape index (κ1) is 14.0. The smallest absolute Gasteiger partial charge is 0.273 e. The van der Waals surface area contributed by atoms with Gasteiger partial charge >= 0.3 is 0 Å². The molecule has 21 heavy (non-hydrogen) atoms. The van der Waals surface area contributed by atoms with E-state index in [-0.39, 0.29) is 12.5 Å². The number of amides is 1. The number of imidazole rings is 1. The normalized spacial score (nSPS) is 18.3. The Morgan fingerprint density at radius 3 is 2.57 bits per heavy atom. The van der Waals surface area contributed by atoms with Crippen LogP contribution in [0.1, 0.15) is 49.0 Å². The fourth-order valence-electron chi connectivity index (χ4n) is 2.91. The Balaban J connectivity index is 1.70. The number of fused-ring (bicyclic) bond motifs is 1. The summed E-state index contributed by atoms with van der Waals surface area (Å²) in [4.78, 5) is 20.5. The van der Waals surface area contributed by atoms with E-state index >= 15 is 0 Å². The lowest BCUT2D eigenvalue weighted by atomic mass is 9.94. The summed E-state index contributed by atoms with van der Waals surface area (Å²) in [5, 5.41) is 13.4. The predicted octanol–water partition coefficient (Wildman–Crippen LogP) is 1.54. The predicted molar refractivity (Wildman–Crippen MR) is 78.0 cm³/mol. The quantitative estimate of drug-likeness (QED) is 0.840. The molecule has 3 rings (SSSR count). The largest absolute Gasteiger partial charge is 0.388 e. The fraction of sp³-hybridized carbons (Fsp3) is 0.533. The summed E-state index contributed by atoms with van der Waals surface area (Å²) in [6.45, 7) is 0.273. The highest BCUT2D eigenvalue weighted by Crippen LogP contribution is 2.26. The summed E-state index contributed by atoms with van der Waals surface area (Å²) in [5.41, 5.74) is 0.0368. The Kier molecular flexibility index (Phi) is 3.88. The molecule has 2 N–H and O–H groups in total. The van der Waals surface area contributed by atoms with Gasteiger partial charge in [-0.15, -0.1) is 0 Å². The average molecular weight is 288 g/mol. The van der Waals surface area contributed by atoms with Crippen molar-refractivity contribution >= 4 is 11.6 Å². The molecule has 2 heterocycles. The van der Waals surface area contributed by atoms with Gasteiger partial charge in [0.1, 0.15) is 0 Å². The van der Waals surface area contributed by atoms with Crippen molar-refractivity contribution in [3.8, 4) is 0 Å². The summed E-state index contributed by atoms with van der Waals surface area (Å²) in [6.07, 6.45) is 12.6. The lowest BCUT2D eigenvalue weighted by Gasteiger charge is -2.26. The van der Waals surface area contributed by atoms with Crippen molar-refractivity contribution in [2.75, 3.05) is 6.54 Å². The van der Waals surface area contributed by atoms with Crippen molar-refractivity contribution in [3.63, 3.8) is 0 Å². The van der Waals surface area contributed by atoms with Crippen molar-refractivity contribution in [2.45, 2.75) is 44.1 Å². The van der Waals surface area contributed by atoms with Gasteiger partial charge in [-0.3, -0.25) is 4.79 Å². The van der Waals surface area contributed by atoms with Crippen LogP contribution in [0.4, 0.5) is 0 Å². The van der Waals surface area contributed by atoms with Crippen molar-refractivity contribution in [1.29, 1.82) is 0 Å². The molecule has 6 heteroatoms. The Hall–Kier alpha value is -1.95. The summed E-state index contributed by atoms with van der Waals surface area (Å²) >= 11 is 0. The maximum atomic E-state index is 12.3. The molecule has 0 saturated heterocycles. The molecule has 0 aromatic carbocycles. The highest BCUT2D eigenvalue weighted by molar-refractivity contribution is 5.97. The summed E-state index contributed by atoms with van der Waals surface area (Å²) in [7, 11) is 0. The van der Waals surface area contributed by atoms with E-state index in [0.29, 0.717) is 11.3 Å². The van der Waals surface area contributed by atoms with E-state index in [2.05, 4.69) is 15.3 Å². The molecule has 1 amide bonds. The number of carbonyl (C=O) groups is 1. The molecule has 0 unspecified atom stereocenters. The van der Waals surface area contributed by atoms with E-state index in [4.69, 9.17) is 0 Å². The first-order valence-electron chi connectivity index (χ1n) is 7.46. The Bertz CT molecular complexity index is 629. The third-order valence-corrected chi connectivity index (χ3v) is 4.14. The van der Waals surface area contributed by atoms with E-state index in [9.17, 15) is 9.90 Å². The van der Waals surface area contributed by atoms with Crippen molar-refractivity contribution < 1.29 is 9.90 Å². The Labute approximate surface area is 123 Å². The molecule has 1 fully saturated rings. The molecule has 1 aliphatic carbocycles. The topological polar surface area (TPSA) is 79.5 Å². The maximum absolute atomic E-state index is 12.3. The molecule has 1 aliphatic rings. The highest BCUT2D eigenvalue weighted by Gasteiger charge is 2.29. The zero-order valence-electron chi connectivity index (χ0n) is 12.0. The van der Waals surface area contributed by atoms with Gasteiger partial charge in [-0.05, 0) is 12.8 Å². The lowest BCUT2D eigenvalue weighted by Crippen LogP contribution is -2.42. The lowest BCUT2D eigenvalue weighted by molar-refractivity contribution is 0.0246. The van der Waals surface area contributed by atoms with Crippen LogP contribution in [0.25, 0.3) is 5.65 Å². The second-order valence-electron chi connectivity index (χ2n) is 5.76. The van der Waals surface area contributed by atoms with Gasteiger partial charge in [0.2, 0.25) is 0 Å². The van der Waals surface area contributed by atoms with Gasteiger partial charge in [-0.25, -0.2) is 9.97 Å². The van der Waals surface area contributed by atoms with Gasteiger partial charge < -0.3 is 14.8 Å². The van der Waals surface area contributed by atoms with Crippen LogP contribution < -0.4 is 5.32 Å². The van der Waals surface area contributed by atoms with Crippen LogP contribution in [-0.4, -0.2) is 37.5 Å². The van der Waals surface area contributed by atoms with Crippen LogP contribution in [0, 0.1) is 0 Å². The number of rotatable bonds is 3. The molecule has 2 aromatic heterocycles. The number of aliphatic hydroxyl groups is 1. The molecule has 2 aromatic rings. The van der Waals surface area contributed by atoms with Gasteiger partial charge in [0, 0.05) is 31.3 Å². The highest BCUT2D eigenvalue weighted by atomic mass is 16.3. The minimum absolute atomic E-state index is 0.273. The third-order valence-electron chi connectivity index (χ3n) is 4.14. The van der Waals surface area contributed by atoms with E-state index in [1.807, 2.05) is 0 Å². The number of nitrogens with one attached hydrogen (secondary N) is 1. The average Bonchev–Trinajstić information content (AvgIpc) is 2.87. The number of hydrogen-bond acceptors (Lipinski definition) is 4. The first-order chi connectivity index (χ1) is 10.2. The van der Waals surface area contributed by atoms with E-state index in [0.717, 1.165) is 38.5 Å². The molecular formula is C15H20N4O2. The van der Waals surface area contributed by atoms with Crippen LogP contribution in [0.2, 0.25) is 0 Å². The van der Waals surface area contributed by atoms with Gasteiger partial charge in [0.25, 0.3) is 5.91 Å². The van der Waals surface area contributed by atoms with Crippen molar-refractivity contribution in [1.82, 2.24) is 19.7 Å². The van der Waals surface area contributed by atoms with Crippen LogP contribution >= 0.6 is 0 Å². The number of nitrogens with zero attached hydrogens (tertiary/aromatic N) is 3. The minimum atomic E-state index is -0.785. The van der Waals surface area contributed by atoms with Crippen LogP contribution in [0.15, 0.2) is 24.8 Å². The van der Waals surface area contributed by atoms with Gasteiger partial charge in [0.15, 0.2) is 11.3 Å². The molecule has 0 aliphatic heterocycles. The molecule has 0 atom stereocenters. The zero-order chi connectivity index (χ0) is 14.7. The second-order valence-corrected chi connectivity index (χ2v) is 5.76. The summed E-state index contributed by atoms with van der Waals surface area (Å²) in [6, 6.07) is 0. The fourth-order valence-corrected chi connectivity index (χ4v) is 2.91. The number of aromatic nitrogens is 3. The van der Waals surface area contributed by atoms with Crippen molar-refractivity contribution in [2.24, 2.45) is 0 Å². The Morgan fingerprint density at radius 2 is 1.86 bits per heavy atom. The van der Waals surface area contributed by atoms with Gasteiger partial charge in [-0.2, -0.15) is 0 Å². The number of hydrogen-bond donors (Lipinski definition) is 2. The summed E-state index contributed by atoms with van der Waals surface area (Å²) in [5.74, 6) is -0.288. The molecule has 1 saturated carbocycles. The molecule has 0 spiro atoms. The Morgan fingerprint density at radius 1 is 1.19 bits per heavy atom. The molecule has 112 valence electrons. The SMILES string of the molecule is O=C(NCC1(O)CCCCCC1)c1nccn2ccnc12. The molecular weight excluding hydrogens is 268 g/mol. The second kappa shape index (κ2) is 5.81. The van der Waals surface area contributed by atoms with Crippen LogP contribution in [0.5, 0.6) is 0 Å².